The molecular formula is C17H18N8O4S2. The van der Waals surface area contributed by atoms with Crippen molar-refractivity contribution in [2.45, 2.75) is 23.0 Å². The molecule has 2 atom stereocenters. The number of hydrogen-bond donors (Lipinski definition) is 3. The second kappa shape index (κ2) is 8.55. The Morgan fingerprint density at radius 2 is 2.23 bits per heavy atom. The van der Waals surface area contributed by atoms with Crippen molar-refractivity contribution in [3.05, 3.63) is 35.2 Å². The van der Waals surface area contributed by atoms with Gasteiger partial charge in [-0.25, -0.2) is 14.5 Å². The zero-order chi connectivity index (χ0) is 22.1. The number of hydrogen-bond acceptors (Lipinski definition) is 10. The number of aryl methyl sites for hydroxylation is 1. The van der Waals surface area contributed by atoms with E-state index in [0.717, 1.165) is 0 Å². The van der Waals surface area contributed by atoms with Crippen LogP contribution in [0.15, 0.2) is 34.6 Å². The van der Waals surface area contributed by atoms with E-state index in [1.165, 1.54) is 33.1 Å². The fourth-order valence-electron chi connectivity index (χ4n) is 3.28. The van der Waals surface area contributed by atoms with Gasteiger partial charge in [0.15, 0.2) is 0 Å². The molecule has 1 fully saturated rings. The standard InChI is InChI=1S/C17H18N8O4S2/c1-24-17(21-22-23-24)31-7-8-6-30-15-12(14(27)25(15)13(8)16(28)29)20-11(26)5-9-3-2-4-10(18)19-9/h2-4,12,15H,5-7H2,1H3,(H2,18,19)(H,20,26)(H,28,29)/t12?,15-/m0/s1. The summed E-state index contributed by atoms with van der Waals surface area (Å²) in [5.41, 5.74) is 6.67. The topological polar surface area (TPSA) is 169 Å². The highest BCUT2D eigenvalue weighted by Crippen LogP contribution is 2.41. The van der Waals surface area contributed by atoms with E-state index in [9.17, 15) is 19.5 Å². The van der Waals surface area contributed by atoms with Crippen LogP contribution in [0.4, 0.5) is 5.82 Å². The highest BCUT2D eigenvalue weighted by Gasteiger charge is 2.54. The molecule has 4 rings (SSSR count). The minimum atomic E-state index is -1.18. The number of thioether (sulfide) groups is 2. The Morgan fingerprint density at radius 3 is 2.90 bits per heavy atom. The molecule has 4 N–H and O–H groups in total. The Morgan fingerprint density at radius 1 is 1.42 bits per heavy atom. The number of pyridine rings is 1. The van der Waals surface area contributed by atoms with Crippen molar-refractivity contribution < 1.29 is 19.5 Å². The van der Waals surface area contributed by atoms with Crippen LogP contribution in [0.5, 0.6) is 0 Å². The number of nitrogens with zero attached hydrogens (tertiary/aromatic N) is 6. The molecule has 31 heavy (non-hydrogen) atoms. The smallest absolute Gasteiger partial charge is 0.352 e. The number of nitrogens with one attached hydrogen (secondary N) is 1. The monoisotopic (exact) mass is 462 g/mol. The summed E-state index contributed by atoms with van der Waals surface area (Å²) in [5.74, 6) is -0.966. The van der Waals surface area contributed by atoms with E-state index in [2.05, 4.69) is 25.8 Å². The highest BCUT2D eigenvalue weighted by molar-refractivity contribution is 8.01. The van der Waals surface area contributed by atoms with E-state index in [4.69, 9.17) is 5.73 Å². The number of carbonyl (C=O) groups is 3. The number of aliphatic carboxylic acids is 1. The van der Waals surface area contributed by atoms with Gasteiger partial charge in [-0.3, -0.25) is 14.5 Å². The van der Waals surface area contributed by atoms with E-state index in [1.54, 1.807) is 25.2 Å². The first-order chi connectivity index (χ1) is 14.8. The van der Waals surface area contributed by atoms with Gasteiger partial charge in [0, 0.05) is 18.6 Å². The number of carbonyl (C=O) groups excluding carboxylic acids is 2. The van der Waals surface area contributed by atoms with E-state index in [0.29, 0.717) is 33.7 Å². The molecule has 14 heteroatoms. The second-order valence-electron chi connectivity index (χ2n) is 6.82. The van der Waals surface area contributed by atoms with Crippen molar-refractivity contribution in [1.82, 2.24) is 35.4 Å². The van der Waals surface area contributed by atoms with Gasteiger partial charge in [0.2, 0.25) is 11.1 Å². The number of β-lactam (4-membered cyclic amide) rings is 1. The molecule has 1 unspecified atom stereocenters. The van der Waals surface area contributed by atoms with Crippen LogP contribution in [0.25, 0.3) is 0 Å². The van der Waals surface area contributed by atoms with Gasteiger partial charge in [-0.1, -0.05) is 17.8 Å². The summed E-state index contributed by atoms with van der Waals surface area (Å²) < 4.78 is 1.49. The van der Waals surface area contributed by atoms with E-state index in [1.807, 2.05) is 0 Å². The first kappa shape index (κ1) is 21.1. The first-order valence-corrected chi connectivity index (χ1v) is 11.1. The molecule has 2 aliphatic heterocycles. The molecule has 4 heterocycles. The van der Waals surface area contributed by atoms with Gasteiger partial charge in [-0.2, -0.15) is 0 Å². The number of nitrogens with two attached hydrogens (primary N) is 1. The predicted molar refractivity (Wildman–Crippen MR) is 112 cm³/mol. The van der Waals surface area contributed by atoms with Crippen LogP contribution in [0.3, 0.4) is 0 Å². The maximum Gasteiger partial charge on any atom is 0.352 e. The third-order valence-corrected chi connectivity index (χ3v) is 7.13. The maximum absolute atomic E-state index is 12.7. The summed E-state index contributed by atoms with van der Waals surface area (Å²) in [6.07, 6.45) is -0.0263. The number of amides is 2. The van der Waals surface area contributed by atoms with Crippen molar-refractivity contribution in [2.75, 3.05) is 17.2 Å². The molecule has 0 spiro atoms. The Labute approximate surface area is 184 Å². The summed E-state index contributed by atoms with van der Waals surface area (Å²) in [6, 6.07) is 4.19. The van der Waals surface area contributed by atoms with Gasteiger partial charge in [0.1, 0.15) is 22.9 Å². The summed E-state index contributed by atoms with van der Waals surface area (Å²) in [5, 5.41) is 23.6. The van der Waals surface area contributed by atoms with E-state index < -0.39 is 23.3 Å². The molecular weight excluding hydrogens is 444 g/mol. The third-order valence-electron chi connectivity index (χ3n) is 4.69. The average Bonchev–Trinajstić information content (AvgIpc) is 3.14. The molecule has 0 saturated carbocycles. The lowest BCUT2D eigenvalue weighted by Crippen LogP contribution is -2.70. The summed E-state index contributed by atoms with van der Waals surface area (Å²) in [4.78, 5) is 42.3. The lowest BCUT2D eigenvalue weighted by molar-refractivity contribution is -0.150. The number of aromatic nitrogens is 5. The first-order valence-electron chi connectivity index (χ1n) is 9.11. The number of carboxylic acids is 1. The zero-order valence-corrected chi connectivity index (χ0v) is 17.9. The quantitative estimate of drug-likeness (QED) is 0.350. The average molecular weight is 463 g/mol. The van der Waals surface area contributed by atoms with Crippen molar-refractivity contribution in [2.24, 2.45) is 7.05 Å². The molecule has 0 radical (unpaired) electrons. The van der Waals surface area contributed by atoms with Gasteiger partial charge in [-0.15, -0.1) is 16.9 Å². The Balaban J connectivity index is 1.43. The van der Waals surface area contributed by atoms with Crippen LogP contribution in [-0.2, 0) is 27.9 Å². The molecule has 2 aromatic rings. The molecule has 0 aliphatic carbocycles. The number of nitrogen functional groups attached to an aromatic ring is 1. The summed E-state index contributed by atoms with van der Waals surface area (Å²) >= 11 is 2.70. The Bertz CT molecular complexity index is 1090. The number of rotatable bonds is 7. The molecule has 1 saturated heterocycles. The van der Waals surface area contributed by atoms with E-state index >= 15 is 0 Å². The summed E-state index contributed by atoms with van der Waals surface area (Å²) in [7, 11) is 1.69. The van der Waals surface area contributed by atoms with Gasteiger partial charge in [0.25, 0.3) is 5.91 Å². The number of anilines is 1. The molecule has 0 bridgehead atoms. The molecule has 2 aromatic heterocycles. The Kier molecular flexibility index (Phi) is 5.82. The third kappa shape index (κ3) is 4.20. The molecule has 12 nitrogen and oxygen atoms in total. The van der Waals surface area contributed by atoms with Gasteiger partial charge < -0.3 is 16.2 Å². The van der Waals surface area contributed by atoms with Crippen molar-refractivity contribution >= 4 is 47.1 Å². The minimum absolute atomic E-state index is 0.0263. The molecule has 2 aliphatic rings. The highest BCUT2D eigenvalue weighted by atomic mass is 32.2. The lowest BCUT2D eigenvalue weighted by atomic mass is 10.0. The van der Waals surface area contributed by atoms with Crippen LogP contribution in [0.1, 0.15) is 5.69 Å². The number of fused-ring (bicyclic) bond motifs is 1. The van der Waals surface area contributed by atoms with Crippen LogP contribution in [-0.4, -0.2) is 75.9 Å². The predicted octanol–water partition coefficient (Wildman–Crippen LogP) is -0.739. The molecule has 162 valence electrons. The second-order valence-corrected chi connectivity index (χ2v) is 8.86. The minimum Gasteiger partial charge on any atom is -0.477 e. The fourth-order valence-corrected chi connectivity index (χ4v) is 5.61. The van der Waals surface area contributed by atoms with Gasteiger partial charge in [-0.05, 0) is 28.1 Å². The van der Waals surface area contributed by atoms with Crippen molar-refractivity contribution in [3.63, 3.8) is 0 Å². The number of tetrazole rings is 1. The fraction of sp³-hybridized carbons (Fsp3) is 0.353. The van der Waals surface area contributed by atoms with Crippen molar-refractivity contribution in [3.8, 4) is 0 Å². The van der Waals surface area contributed by atoms with Crippen molar-refractivity contribution in [1.29, 1.82) is 0 Å². The van der Waals surface area contributed by atoms with Crippen LogP contribution < -0.4 is 11.1 Å². The van der Waals surface area contributed by atoms with Gasteiger partial charge in [0.05, 0.1) is 12.1 Å². The zero-order valence-electron chi connectivity index (χ0n) is 16.3. The van der Waals surface area contributed by atoms with E-state index in [-0.39, 0.29) is 18.0 Å². The number of carboxylic acid groups (broad SMARTS) is 1. The van der Waals surface area contributed by atoms with Crippen LogP contribution in [0, 0.1) is 0 Å². The lowest BCUT2D eigenvalue weighted by Gasteiger charge is -2.49. The van der Waals surface area contributed by atoms with Crippen LogP contribution in [0.2, 0.25) is 0 Å². The van der Waals surface area contributed by atoms with Crippen LogP contribution >= 0.6 is 23.5 Å². The summed E-state index contributed by atoms with van der Waals surface area (Å²) in [6.45, 7) is 0. The molecule has 2 amide bonds. The maximum atomic E-state index is 12.7. The Hall–Kier alpha value is -3.13. The SMILES string of the molecule is Cn1nnnc1SCC1=C(C(=O)O)N2C(=O)C(NC(=O)Cc3cccc(N)n3)[C@@H]2SC1. The normalized spacial score (nSPS) is 20.3. The largest absolute Gasteiger partial charge is 0.477 e. The van der Waals surface area contributed by atoms with Gasteiger partial charge >= 0.3 is 5.97 Å². The molecule has 0 aromatic carbocycles.